The average molecular weight is 323 g/mol. The number of carbonyl (C=O) groups excluding carboxylic acids is 1. The Morgan fingerprint density at radius 2 is 2.00 bits per heavy atom. The molecule has 0 spiro atoms. The highest BCUT2D eigenvalue weighted by Gasteiger charge is 2.12. The van der Waals surface area contributed by atoms with Crippen molar-refractivity contribution in [2.75, 3.05) is 11.1 Å². The summed E-state index contributed by atoms with van der Waals surface area (Å²) in [5.41, 5.74) is 8.16. The van der Waals surface area contributed by atoms with Gasteiger partial charge in [-0.3, -0.25) is 4.79 Å². The maximum absolute atomic E-state index is 13.0. The van der Waals surface area contributed by atoms with Crippen LogP contribution in [0.15, 0.2) is 40.9 Å². The van der Waals surface area contributed by atoms with Gasteiger partial charge >= 0.3 is 0 Å². The molecule has 0 fully saturated rings. The number of halogens is 2. The van der Waals surface area contributed by atoms with Gasteiger partial charge in [0.1, 0.15) is 5.82 Å². The first-order chi connectivity index (χ1) is 8.97. The number of rotatable bonds is 2. The first-order valence-electron chi connectivity index (χ1n) is 5.60. The van der Waals surface area contributed by atoms with Crippen LogP contribution in [0.5, 0.6) is 0 Å². The fraction of sp³-hybridized carbons (Fsp3) is 0.0714. The lowest BCUT2D eigenvalue weighted by atomic mass is 10.1. The van der Waals surface area contributed by atoms with Gasteiger partial charge in [-0.1, -0.05) is 6.07 Å². The smallest absolute Gasteiger partial charge is 0.256 e. The number of hydrogen-bond donors (Lipinski definition) is 2. The fourth-order valence-corrected chi connectivity index (χ4v) is 2.17. The van der Waals surface area contributed by atoms with E-state index in [-0.39, 0.29) is 5.91 Å². The van der Waals surface area contributed by atoms with E-state index in [0.717, 1.165) is 5.56 Å². The third-order valence-corrected chi connectivity index (χ3v) is 3.34. The molecule has 3 N–H and O–H groups in total. The molecule has 0 aliphatic carbocycles. The summed E-state index contributed by atoms with van der Waals surface area (Å²) in [4.78, 5) is 12.1. The van der Waals surface area contributed by atoms with Crippen LogP contribution in [0.25, 0.3) is 0 Å². The van der Waals surface area contributed by atoms with Crippen molar-refractivity contribution < 1.29 is 9.18 Å². The Bertz CT molecular complexity index is 643. The van der Waals surface area contributed by atoms with Crippen LogP contribution in [-0.2, 0) is 0 Å². The quantitative estimate of drug-likeness (QED) is 0.828. The summed E-state index contributed by atoms with van der Waals surface area (Å²) in [7, 11) is 0. The maximum Gasteiger partial charge on any atom is 0.256 e. The second-order valence-corrected chi connectivity index (χ2v) is 5.01. The van der Waals surface area contributed by atoms with Crippen LogP contribution in [-0.4, -0.2) is 5.91 Å². The Morgan fingerprint density at radius 3 is 2.68 bits per heavy atom. The predicted octanol–water partition coefficient (Wildman–Crippen LogP) is 3.73. The van der Waals surface area contributed by atoms with Crippen LogP contribution in [0.4, 0.5) is 15.8 Å². The third kappa shape index (κ3) is 3.12. The van der Waals surface area contributed by atoms with Gasteiger partial charge in [-0.25, -0.2) is 4.39 Å². The van der Waals surface area contributed by atoms with Crippen LogP contribution in [0.3, 0.4) is 0 Å². The Hall–Kier alpha value is -1.88. The minimum Gasteiger partial charge on any atom is -0.399 e. The molecule has 0 aliphatic rings. The molecule has 0 unspecified atom stereocenters. The number of benzene rings is 2. The number of hydrogen-bond acceptors (Lipinski definition) is 2. The van der Waals surface area contributed by atoms with Crippen molar-refractivity contribution in [2.24, 2.45) is 0 Å². The molecule has 0 aliphatic heterocycles. The molecular formula is C14H12BrFN2O. The summed E-state index contributed by atoms with van der Waals surface area (Å²) in [6, 6.07) is 9.19. The second kappa shape index (κ2) is 5.40. The standard InChI is InChI=1S/C14H12BrFN2O/c1-8-2-4-10(17)7-13(8)18-14(19)11-5-3-9(16)6-12(11)15/h2-7H,17H2,1H3,(H,18,19). The molecule has 3 nitrogen and oxygen atoms in total. The largest absolute Gasteiger partial charge is 0.399 e. The summed E-state index contributed by atoms with van der Waals surface area (Å²) in [6.07, 6.45) is 0. The van der Waals surface area contributed by atoms with E-state index in [1.165, 1.54) is 18.2 Å². The molecule has 1 amide bonds. The van der Waals surface area contributed by atoms with E-state index in [1.807, 2.05) is 13.0 Å². The lowest BCUT2D eigenvalue weighted by Gasteiger charge is -2.10. The fourth-order valence-electron chi connectivity index (χ4n) is 1.64. The number of anilines is 2. The molecular weight excluding hydrogens is 311 g/mol. The van der Waals surface area contributed by atoms with E-state index in [9.17, 15) is 9.18 Å². The molecule has 0 atom stereocenters. The number of nitrogens with two attached hydrogens (primary N) is 1. The van der Waals surface area contributed by atoms with Gasteiger partial charge in [0.25, 0.3) is 5.91 Å². The van der Waals surface area contributed by atoms with Crippen LogP contribution >= 0.6 is 15.9 Å². The Balaban J connectivity index is 2.28. The number of nitrogen functional groups attached to an aromatic ring is 1. The molecule has 0 saturated carbocycles. The van der Waals surface area contributed by atoms with E-state index in [1.54, 1.807) is 12.1 Å². The molecule has 0 aromatic heterocycles. The predicted molar refractivity (Wildman–Crippen MR) is 77.6 cm³/mol. The summed E-state index contributed by atoms with van der Waals surface area (Å²) >= 11 is 3.17. The zero-order chi connectivity index (χ0) is 14.0. The first-order valence-corrected chi connectivity index (χ1v) is 6.39. The SMILES string of the molecule is Cc1ccc(N)cc1NC(=O)c1ccc(F)cc1Br. The zero-order valence-electron chi connectivity index (χ0n) is 10.2. The van der Waals surface area contributed by atoms with Crippen LogP contribution in [0, 0.1) is 12.7 Å². The van der Waals surface area contributed by atoms with E-state index in [0.29, 0.717) is 21.4 Å². The van der Waals surface area contributed by atoms with Crippen molar-refractivity contribution in [1.82, 2.24) is 0 Å². The molecule has 0 saturated heterocycles. The molecule has 19 heavy (non-hydrogen) atoms. The van der Waals surface area contributed by atoms with Crippen molar-refractivity contribution in [2.45, 2.75) is 6.92 Å². The van der Waals surface area contributed by atoms with Crippen LogP contribution < -0.4 is 11.1 Å². The third-order valence-electron chi connectivity index (χ3n) is 2.69. The average Bonchev–Trinajstić information content (AvgIpc) is 2.33. The van der Waals surface area contributed by atoms with Crippen molar-refractivity contribution in [3.05, 3.63) is 57.8 Å². The number of nitrogens with one attached hydrogen (secondary N) is 1. The molecule has 0 radical (unpaired) electrons. The van der Waals surface area contributed by atoms with Gasteiger partial charge in [-0.15, -0.1) is 0 Å². The van der Waals surface area contributed by atoms with Crippen LogP contribution in [0.2, 0.25) is 0 Å². The van der Waals surface area contributed by atoms with Crippen molar-refractivity contribution in [1.29, 1.82) is 0 Å². The summed E-state index contributed by atoms with van der Waals surface area (Å²) in [5, 5.41) is 2.76. The molecule has 2 aromatic carbocycles. The minimum atomic E-state index is -0.399. The number of amides is 1. The Kier molecular flexibility index (Phi) is 3.85. The lowest BCUT2D eigenvalue weighted by Crippen LogP contribution is -2.13. The van der Waals surface area contributed by atoms with E-state index < -0.39 is 5.82 Å². The van der Waals surface area contributed by atoms with Crippen molar-refractivity contribution in [3.8, 4) is 0 Å². The number of aryl methyl sites for hydroxylation is 1. The molecule has 0 heterocycles. The molecule has 0 bridgehead atoms. The van der Waals surface area contributed by atoms with E-state index in [2.05, 4.69) is 21.2 Å². The lowest BCUT2D eigenvalue weighted by molar-refractivity contribution is 0.102. The Morgan fingerprint density at radius 1 is 1.26 bits per heavy atom. The van der Waals surface area contributed by atoms with Gasteiger partial charge in [0.05, 0.1) is 5.56 Å². The van der Waals surface area contributed by atoms with Crippen molar-refractivity contribution in [3.63, 3.8) is 0 Å². The molecule has 98 valence electrons. The van der Waals surface area contributed by atoms with Gasteiger partial charge in [0, 0.05) is 15.8 Å². The zero-order valence-corrected chi connectivity index (χ0v) is 11.8. The molecule has 2 rings (SSSR count). The van der Waals surface area contributed by atoms with Gasteiger partial charge in [-0.2, -0.15) is 0 Å². The van der Waals surface area contributed by atoms with Gasteiger partial charge < -0.3 is 11.1 Å². The van der Waals surface area contributed by atoms with Gasteiger partial charge in [0.15, 0.2) is 0 Å². The highest BCUT2D eigenvalue weighted by atomic mass is 79.9. The topological polar surface area (TPSA) is 55.1 Å². The van der Waals surface area contributed by atoms with Gasteiger partial charge in [0.2, 0.25) is 0 Å². The molecule has 5 heteroatoms. The summed E-state index contributed by atoms with van der Waals surface area (Å²) in [6.45, 7) is 1.87. The van der Waals surface area contributed by atoms with Crippen molar-refractivity contribution >= 4 is 33.2 Å². The summed E-state index contributed by atoms with van der Waals surface area (Å²) < 4.78 is 13.4. The van der Waals surface area contributed by atoms with E-state index in [4.69, 9.17) is 5.73 Å². The number of carbonyl (C=O) groups is 1. The van der Waals surface area contributed by atoms with E-state index >= 15 is 0 Å². The normalized spacial score (nSPS) is 10.3. The summed E-state index contributed by atoms with van der Waals surface area (Å²) in [5.74, 6) is -0.718. The minimum absolute atomic E-state index is 0.319. The molecule has 2 aromatic rings. The highest BCUT2D eigenvalue weighted by molar-refractivity contribution is 9.10. The first kappa shape index (κ1) is 13.5. The van der Waals surface area contributed by atoms with Gasteiger partial charge in [-0.05, 0) is 58.7 Å². The maximum atomic E-state index is 13.0. The van der Waals surface area contributed by atoms with Crippen LogP contribution in [0.1, 0.15) is 15.9 Å². The Labute approximate surface area is 118 Å². The second-order valence-electron chi connectivity index (χ2n) is 4.15. The highest BCUT2D eigenvalue weighted by Crippen LogP contribution is 2.22. The monoisotopic (exact) mass is 322 g/mol.